The summed E-state index contributed by atoms with van der Waals surface area (Å²) in [5, 5.41) is 0. The van der Waals surface area contributed by atoms with Crippen molar-refractivity contribution in [1.82, 2.24) is 0 Å². The average molecular weight is 522 g/mol. The van der Waals surface area contributed by atoms with Gasteiger partial charge in [-0.05, 0) is 0 Å². The molecular weight excluding hydrogens is 481 g/mol. The second kappa shape index (κ2) is 12.2. The monoisotopic (exact) mass is 523 g/mol. The van der Waals surface area contributed by atoms with Gasteiger partial charge in [-0.25, -0.2) is 0 Å². The molecule has 0 bridgehead atoms. The van der Waals surface area contributed by atoms with Crippen LogP contribution in [-0.4, -0.2) is 19.7 Å². The van der Waals surface area contributed by atoms with Crippen LogP contribution in [0, 0.1) is 0 Å². The molecule has 0 aliphatic heterocycles. The summed E-state index contributed by atoms with van der Waals surface area (Å²) < 4.78 is 2.41. The van der Waals surface area contributed by atoms with Crippen LogP contribution >= 0.6 is 10.5 Å². The quantitative estimate of drug-likeness (QED) is 0.241. The summed E-state index contributed by atoms with van der Waals surface area (Å²) in [7, 11) is 5.79. The van der Waals surface area contributed by atoms with Gasteiger partial charge in [-0.1, -0.05) is 0 Å². The van der Waals surface area contributed by atoms with Crippen molar-refractivity contribution in [3.63, 3.8) is 0 Å². The molecule has 0 amide bonds. The Morgan fingerprint density at radius 2 is 1.15 bits per heavy atom. The molecule has 0 heterocycles. The van der Waals surface area contributed by atoms with Gasteiger partial charge in [-0.3, -0.25) is 0 Å². The zero-order chi connectivity index (χ0) is 24.9. The fraction of sp³-hybridized carbons (Fsp3) is 0.483. The Morgan fingerprint density at radius 3 is 1.52 bits per heavy atom. The minimum atomic E-state index is -0.746. The first-order valence-corrected chi connectivity index (χ1v) is 16.1. The van der Waals surface area contributed by atoms with Gasteiger partial charge in [-0.2, -0.15) is 0 Å². The summed E-state index contributed by atoms with van der Waals surface area (Å²) in [6, 6.07) is 13.3. The van der Waals surface area contributed by atoms with Crippen molar-refractivity contribution in [2.24, 2.45) is 4.99 Å². The maximum absolute atomic E-state index is 5.79. The Morgan fingerprint density at radius 1 is 0.758 bits per heavy atom. The number of anilines is 1. The molecule has 0 atom stereocenters. The van der Waals surface area contributed by atoms with Crippen LogP contribution in [0.15, 0.2) is 53.2 Å². The van der Waals surface area contributed by atoms with Crippen molar-refractivity contribution in [3.8, 4) is 0 Å². The minimum absolute atomic E-state index is 0.433. The van der Waals surface area contributed by atoms with Crippen LogP contribution in [0.4, 0.5) is 11.4 Å². The van der Waals surface area contributed by atoms with Crippen molar-refractivity contribution < 1.29 is 0 Å². The predicted octanol–water partition coefficient (Wildman–Crippen LogP) is 9.41. The molecule has 0 spiro atoms. The Labute approximate surface area is 213 Å². The molecule has 2 aromatic rings. The molecule has 2 aromatic carbocycles. The summed E-state index contributed by atoms with van der Waals surface area (Å²) in [5.74, 6) is 1.76. The van der Waals surface area contributed by atoms with E-state index >= 15 is 0 Å². The van der Waals surface area contributed by atoms with E-state index in [-0.39, 0.29) is 0 Å². The fourth-order valence-electron chi connectivity index (χ4n) is 4.28. The third-order valence-corrected chi connectivity index (χ3v) is 8.60. The molecule has 0 fully saturated rings. The Bertz CT molecular complexity index is 979. The first-order valence-electron chi connectivity index (χ1n) is 12.2. The van der Waals surface area contributed by atoms with Crippen molar-refractivity contribution in [2.45, 2.75) is 92.9 Å². The predicted molar refractivity (Wildman–Crippen MR) is 152 cm³/mol. The van der Waals surface area contributed by atoms with Crippen LogP contribution in [0.1, 0.15) is 115 Å². The summed E-state index contributed by atoms with van der Waals surface area (Å²) >= 11 is -0.746. The number of benzene rings is 2. The van der Waals surface area contributed by atoms with Gasteiger partial charge in [0.05, 0.1) is 0 Å². The first-order chi connectivity index (χ1) is 15.5. The van der Waals surface area contributed by atoms with Gasteiger partial charge in [0.25, 0.3) is 0 Å². The molecule has 2 rings (SSSR count). The molecule has 2 nitrogen and oxygen atoms in total. The van der Waals surface area contributed by atoms with E-state index in [1.165, 1.54) is 33.6 Å². The van der Waals surface area contributed by atoms with Crippen molar-refractivity contribution >= 4 is 41.5 Å². The summed E-state index contributed by atoms with van der Waals surface area (Å²) in [6.07, 6.45) is 2.22. The molecule has 177 valence electrons. The van der Waals surface area contributed by atoms with Crippen LogP contribution in [0.2, 0.25) is 0 Å². The first kappa shape index (κ1) is 27.7. The van der Waals surface area contributed by atoms with E-state index in [0.717, 1.165) is 11.4 Å². The Hall–Kier alpha value is -1.59. The summed E-state index contributed by atoms with van der Waals surface area (Å²) in [4.78, 5) is 5.16. The van der Waals surface area contributed by atoms with Crippen molar-refractivity contribution in [1.29, 1.82) is 0 Å². The standard InChI is InChI=1S/C29H41GeN2S/c1-18(2)24-13-11-14-25(19(3)4)28(24)31-22(9)17-23(10)32(30-33)29-26(20(5)6)15-12-16-27(29)21(7)8/h11-21H,1-10H3/b23-17+,31-22?. The fourth-order valence-corrected chi connectivity index (χ4v) is 6.67. The van der Waals surface area contributed by atoms with Crippen LogP contribution in [0.3, 0.4) is 0 Å². The van der Waals surface area contributed by atoms with Crippen molar-refractivity contribution in [3.05, 3.63) is 70.4 Å². The normalized spacial score (nSPS) is 12.9. The Kier molecular flexibility index (Phi) is 10.2. The molecule has 0 N–H and O–H groups in total. The van der Waals surface area contributed by atoms with E-state index in [4.69, 9.17) is 15.4 Å². The molecular formula is C29H41GeN2S. The molecule has 33 heavy (non-hydrogen) atoms. The summed E-state index contributed by atoms with van der Waals surface area (Å²) in [6.45, 7) is 22.4. The number of aliphatic imine (C=N–C) groups is 1. The van der Waals surface area contributed by atoms with E-state index in [1.54, 1.807) is 0 Å². The van der Waals surface area contributed by atoms with Crippen LogP contribution < -0.4 is 3.86 Å². The van der Waals surface area contributed by atoms with E-state index < -0.39 is 14.0 Å². The second-order valence-electron chi connectivity index (χ2n) is 10.2. The molecule has 0 aliphatic carbocycles. The molecule has 0 saturated carbocycles. The number of rotatable bonds is 9. The Balaban J connectivity index is 2.62. The van der Waals surface area contributed by atoms with Gasteiger partial charge in [0.2, 0.25) is 0 Å². The van der Waals surface area contributed by atoms with Gasteiger partial charge in [0.1, 0.15) is 0 Å². The molecule has 0 aliphatic rings. The molecule has 0 aromatic heterocycles. The van der Waals surface area contributed by atoms with E-state index in [9.17, 15) is 0 Å². The van der Waals surface area contributed by atoms with Gasteiger partial charge in [-0.15, -0.1) is 0 Å². The third-order valence-electron chi connectivity index (χ3n) is 6.06. The number of allylic oxidation sites excluding steroid dienone is 2. The van der Waals surface area contributed by atoms with Gasteiger partial charge >= 0.3 is 214 Å². The van der Waals surface area contributed by atoms with E-state index in [0.29, 0.717) is 23.7 Å². The SMILES string of the molecule is CC(/C=C(\C)[N]([Ge]=[S])c1c(C(C)C)cccc1C(C)C)=Nc1c(C(C)C)cccc1C(C)C. The van der Waals surface area contributed by atoms with Gasteiger partial charge < -0.3 is 0 Å². The van der Waals surface area contributed by atoms with E-state index in [2.05, 4.69) is 116 Å². The third kappa shape index (κ3) is 6.73. The average Bonchev–Trinajstić information content (AvgIpc) is 2.73. The van der Waals surface area contributed by atoms with Crippen LogP contribution in [-0.2, 0) is 0 Å². The van der Waals surface area contributed by atoms with Gasteiger partial charge in [0.15, 0.2) is 0 Å². The zero-order valence-electron chi connectivity index (χ0n) is 22.2. The van der Waals surface area contributed by atoms with E-state index in [1.807, 2.05) is 0 Å². The zero-order valence-corrected chi connectivity index (χ0v) is 25.1. The summed E-state index contributed by atoms with van der Waals surface area (Å²) in [5.41, 5.74) is 10.1. The molecule has 1 radical (unpaired) electrons. The molecule has 4 heteroatoms. The van der Waals surface area contributed by atoms with Crippen LogP contribution in [0.5, 0.6) is 0 Å². The topological polar surface area (TPSA) is 15.6 Å². The van der Waals surface area contributed by atoms with Crippen LogP contribution in [0.25, 0.3) is 0 Å². The number of para-hydroxylation sites is 2. The number of nitrogens with zero attached hydrogens (tertiary/aromatic N) is 2. The van der Waals surface area contributed by atoms with Crippen molar-refractivity contribution in [2.75, 3.05) is 3.86 Å². The number of hydrogen-bond donors (Lipinski definition) is 0. The number of hydrogen-bond acceptors (Lipinski definition) is 2. The molecule has 0 saturated heterocycles. The molecule has 0 unspecified atom stereocenters. The van der Waals surface area contributed by atoms with Gasteiger partial charge in [0, 0.05) is 0 Å². The maximum atomic E-state index is 5.79. The second-order valence-corrected chi connectivity index (χ2v) is 12.4.